The van der Waals surface area contributed by atoms with E-state index >= 15 is 4.39 Å². The Morgan fingerprint density at radius 3 is 2.40 bits per heavy atom. The summed E-state index contributed by atoms with van der Waals surface area (Å²) in [5, 5.41) is 2.64. The molecule has 13 nitrogen and oxygen atoms in total. The van der Waals surface area contributed by atoms with E-state index in [0.717, 1.165) is 88.5 Å². The molecule has 5 aliphatic heterocycles. The van der Waals surface area contributed by atoms with E-state index in [9.17, 15) is 24.0 Å². The summed E-state index contributed by atoms with van der Waals surface area (Å²) < 4.78 is 26.6. The van der Waals surface area contributed by atoms with Crippen molar-refractivity contribution in [2.75, 3.05) is 50.9 Å². The number of aromatic amines is 1. The Bertz CT molecular complexity index is 1990. The third-order valence-electron chi connectivity index (χ3n) is 11.3. The molecule has 0 bridgehead atoms. The van der Waals surface area contributed by atoms with Crippen LogP contribution in [0.25, 0.3) is 10.9 Å². The van der Waals surface area contributed by atoms with Crippen molar-refractivity contribution in [2.45, 2.75) is 74.5 Å². The maximum Gasteiger partial charge on any atom is 0.262 e. The van der Waals surface area contributed by atoms with Crippen LogP contribution in [0.3, 0.4) is 0 Å². The van der Waals surface area contributed by atoms with Gasteiger partial charge in [-0.2, -0.15) is 11.8 Å². The number of benzene rings is 2. The van der Waals surface area contributed by atoms with E-state index in [1.165, 1.54) is 6.07 Å². The summed E-state index contributed by atoms with van der Waals surface area (Å²) in [6.45, 7) is 5.47. The zero-order valence-corrected chi connectivity index (χ0v) is 30.3. The Labute approximate surface area is 309 Å². The molecular weight excluding hydrogens is 704 g/mol. The number of anilines is 1. The van der Waals surface area contributed by atoms with Crippen molar-refractivity contribution in [1.82, 2.24) is 25.1 Å². The summed E-state index contributed by atoms with van der Waals surface area (Å²) in [6, 6.07) is 7.70. The minimum Gasteiger partial charge on any atom is -0.493 e. The van der Waals surface area contributed by atoms with E-state index in [2.05, 4.69) is 25.1 Å². The number of fused-ring (bicyclic) bond motifs is 2. The van der Waals surface area contributed by atoms with Crippen LogP contribution in [0.2, 0.25) is 0 Å². The van der Waals surface area contributed by atoms with Crippen molar-refractivity contribution in [3.05, 3.63) is 63.5 Å². The third kappa shape index (κ3) is 7.43. The number of carbonyl (C=O) groups excluding carboxylic acids is 4. The van der Waals surface area contributed by atoms with E-state index in [1.54, 1.807) is 30.0 Å². The monoisotopic (exact) mass is 746 g/mol. The number of nitrogens with one attached hydrogen (secondary N) is 2. The summed E-state index contributed by atoms with van der Waals surface area (Å²) in [7, 11) is 0. The summed E-state index contributed by atoms with van der Waals surface area (Å²) in [6.07, 6.45) is 6.01. The average Bonchev–Trinajstić information content (AvgIpc) is 3.41. The van der Waals surface area contributed by atoms with Crippen molar-refractivity contribution < 1.29 is 33.0 Å². The Balaban J connectivity index is 0.817. The molecule has 6 heterocycles. The predicted octanol–water partition coefficient (Wildman–Crippen LogP) is 3.64. The minimum absolute atomic E-state index is 0.0484. The third-order valence-corrected chi connectivity index (χ3v) is 12.7. The second kappa shape index (κ2) is 15.2. The fourth-order valence-corrected chi connectivity index (χ4v) is 9.34. The summed E-state index contributed by atoms with van der Waals surface area (Å²) >= 11 is 1.74. The number of nitrogens with zero attached hydrogens (tertiary/aromatic N) is 4. The fourth-order valence-electron chi connectivity index (χ4n) is 8.28. The molecule has 280 valence electrons. The number of amides is 4. The van der Waals surface area contributed by atoms with Crippen LogP contribution in [0.5, 0.6) is 5.75 Å². The highest BCUT2D eigenvalue weighted by atomic mass is 32.2. The number of carbonyl (C=O) groups is 4. The number of thioether (sulfide) groups is 1. The number of aromatic nitrogens is 2. The molecule has 4 fully saturated rings. The van der Waals surface area contributed by atoms with Gasteiger partial charge in [-0.1, -0.05) is 0 Å². The van der Waals surface area contributed by atoms with E-state index < -0.39 is 41.0 Å². The molecule has 1 atom stereocenters. The van der Waals surface area contributed by atoms with Gasteiger partial charge in [0.2, 0.25) is 11.8 Å². The van der Waals surface area contributed by atoms with Gasteiger partial charge in [-0.25, -0.2) is 9.37 Å². The highest BCUT2D eigenvalue weighted by Crippen LogP contribution is 2.33. The number of hydrogen-bond acceptors (Lipinski definition) is 11. The van der Waals surface area contributed by atoms with E-state index in [0.29, 0.717) is 52.2 Å². The minimum atomic E-state index is -0.980. The smallest absolute Gasteiger partial charge is 0.262 e. The molecule has 2 aromatic carbocycles. The Hall–Kier alpha value is -4.34. The van der Waals surface area contributed by atoms with Crippen molar-refractivity contribution in [3.63, 3.8) is 0 Å². The second-order valence-corrected chi connectivity index (χ2v) is 15.9. The molecule has 0 radical (unpaired) electrons. The largest absolute Gasteiger partial charge is 0.493 e. The van der Waals surface area contributed by atoms with E-state index in [-0.39, 0.29) is 23.8 Å². The molecule has 4 amide bonds. The van der Waals surface area contributed by atoms with Crippen molar-refractivity contribution >= 4 is 52.0 Å². The normalized spacial score (nSPS) is 22.5. The van der Waals surface area contributed by atoms with Crippen LogP contribution < -0.4 is 20.5 Å². The number of piperidine rings is 3. The van der Waals surface area contributed by atoms with Crippen LogP contribution in [0.4, 0.5) is 10.1 Å². The van der Waals surface area contributed by atoms with Gasteiger partial charge in [0.05, 0.1) is 29.0 Å². The molecular formula is C38H43FN6O7S. The number of imide groups is 2. The van der Waals surface area contributed by atoms with E-state index in [4.69, 9.17) is 9.47 Å². The van der Waals surface area contributed by atoms with Crippen LogP contribution in [-0.2, 0) is 20.1 Å². The molecule has 8 rings (SSSR count). The van der Waals surface area contributed by atoms with Crippen LogP contribution in [0, 0.1) is 11.7 Å². The SMILES string of the molecule is O=C1CCC(N2C(=O)c3ccc(N4CCC(N5CCC(COc6cc(F)c7c(=O)[nH]c(CSC8CCOCC8)nc7c6)CC5)CC4)cc3C2=O)C(=O)N1. The highest BCUT2D eigenvalue weighted by molar-refractivity contribution is 7.99. The summed E-state index contributed by atoms with van der Waals surface area (Å²) in [4.78, 5) is 76.3. The first kappa shape index (κ1) is 35.7. The number of halogens is 1. The predicted molar refractivity (Wildman–Crippen MR) is 196 cm³/mol. The molecule has 1 aromatic heterocycles. The first-order valence-corrected chi connectivity index (χ1v) is 19.7. The molecule has 1 unspecified atom stereocenters. The lowest BCUT2D eigenvalue weighted by Gasteiger charge is -2.42. The molecule has 5 aliphatic rings. The van der Waals surface area contributed by atoms with Gasteiger partial charge in [-0.05, 0) is 82.2 Å². The van der Waals surface area contributed by atoms with Crippen molar-refractivity contribution in [1.29, 1.82) is 0 Å². The van der Waals surface area contributed by atoms with Crippen LogP contribution in [-0.4, -0.2) is 107 Å². The van der Waals surface area contributed by atoms with Crippen molar-refractivity contribution in [3.8, 4) is 5.75 Å². The van der Waals surface area contributed by atoms with Crippen LogP contribution >= 0.6 is 11.8 Å². The van der Waals surface area contributed by atoms with Gasteiger partial charge >= 0.3 is 0 Å². The lowest BCUT2D eigenvalue weighted by atomic mass is 9.94. The average molecular weight is 747 g/mol. The maximum atomic E-state index is 15.1. The molecule has 2 N–H and O–H groups in total. The topological polar surface area (TPSA) is 154 Å². The molecule has 4 saturated heterocycles. The Kier molecular flexibility index (Phi) is 10.2. The van der Waals surface area contributed by atoms with Crippen LogP contribution in [0.1, 0.15) is 77.9 Å². The zero-order valence-electron chi connectivity index (χ0n) is 29.4. The van der Waals surface area contributed by atoms with Gasteiger partial charge in [0, 0.05) is 61.8 Å². The van der Waals surface area contributed by atoms with Gasteiger partial charge in [0.1, 0.15) is 28.8 Å². The van der Waals surface area contributed by atoms with Gasteiger partial charge in [-0.3, -0.25) is 34.2 Å². The standard InChI is InChI=1S/C38H43FN6O7S/c39-29-18-25(19-30-34(29)36(48)41-32(40-30)21-53-26-9-15-51-16-10-26)52-20-22-5-11-43(12-6-22)23-7-13-44(14-8-23)24-1-2-27-28(17-24)38(50)45(37(27)49)31-3-4-33(46)42-35(31)47/h1-2,17-19,22-23,26,31H,3-16,20-21H2,(H,40,41,48)(H,42,46,47). The number of ether oxygens (including phenoxy) is 2. The molecule has 0 saturated carbocycles. The first-order valence-electron chi connectivity index (χ1n) is 18.6. The molecule has 0 aliphatic carbocycles. The molecule has 3 aromatic rings. The lowest BCUT2D eigenvalue weighted by molar-refractivity contribution is -0.136. The summed E-state index contributed by atoms with van der Waals surface area (Å²) in [5.74, 6) is -0.850. The summed E-state index contributed by atoms with van der Waals surface area (Å²) in [5.41, 5.74) is 1.29. The quantitative estimate of drug-likeness (QED) is 0.309. The molecule has 53 heavy (non-hydrogen) atoms. The van der Waals surface area contributed by atoms with Gasteiger partial charge < -0.3 is 24.3 Å². The molecule has 0 spiro atoms. The number of H-pyrrole nitrogens is 1. The number of likely N-dealkylation sites (tertiary alicyclic amines) is 1. The van der Waals surface area contributed by atoms with Gasteiger partial charge in [0.15, 0.2) is 0 Å². The van der Waals surface area contributed by atoms with Gasteiger partial charge in [0.25, 0.3) is 17.4 Å². The fraction of sp³-hybridized carbons (Fsp3) is 0.526. The van der Waals surface area contributed by atoms with E-state index in [1.807, 2.05) is 6.07 Å². The number of hydrogen-bond donors (Lipinski definition) is 2. The van der Waals surface area contributed by atoms with Crippen LogP contribution in [0.15, 0.2) is 35.1 Å². The number of rotatable bonds is 9. The highest BCUT2D eigenvalue weighted by Gasteiger charge is 2.45. The Morgan fingerprint density at radius 1 is 0.887 bits per heavy atom. The second-order valence-electron chi connectivity index (χ2n) is 14.6. The first-order chi connectivity index (χ1) is 25.7. The van der Waals surface area contributed by atoms with Gasteiger partial charge in [-0.15, -0.1) is 0 Å². The Morgan fingerprint density at radius 2 is 1.64 bits per heavy atom. The molecule has 15 heteroatoms. The lowest BCUT2D eigenvalue weighted by Crippen LogP contribution is -2.54. The van der Waals surface area contributed by atoms with Crippen molar-refractivity contribution in [2.24, 2.45) is 5.92 Å². The maximum absolute atomic E-state index is 15.1. The zero-order chi connectivity index (χ0) is 36.6.